The van der Waals surface area contributed by atoms with Crippen LogP contribution in [0.4, 0.5) is 13.2 Å². The van der Waals surface area contributed by atoms with E-state index in [1.165, 1.54) is 0 Å². The van der Waals surface area contributed by atoms with Gasteiger partial charge in [-0.05, 0) is 11.5 Å². The highest BCUT2D eigenvalue weighted by molar-refractivity contribution is 7.05. The molecule has 1 aromatic heterocycles. The summed E-state index contributed by atoms with van der Waals surface area (Å²) in [4.78, 5) is 3.43. The average Bonchev–Trinajstić information content (AvgIpc) is 2.51. The van der Waals surface area contributed by atoms with Crippen molar-refractivity contribution in [2.45, 2.75) is 25.4 Å². The SMILES string of the molecule is CC(C)(CN)c1nc(C(F)(F)F)ns1. The summed E-state index contributed by atoms with van der Waals surface area (Å²) < 4.78 is 39.7. The number of nitrogens with zero attached hydrogens (tertiary/aromatic N) is 2. The zero-order valence-corrected chi connectivity index (χ0v) is 8.54. The minimum absolute atomic E-state index is 0.236. The van der Waals surface area contributed by atoms with E-state index in [-0.39, 0.29) is 6.54 Å². The molecule has 0 aliphatic heterocycles. The average molecular weight is 225 g/mol. The number of nitrogens with two attached hydrogens (primary N) is 1. The van der Waals surface area contributed by atoms with E-state index in [9.17, 15) is 13.2 Å². The Morgan fingerprint density at radius 2 is 1.93 bits per heavy atom. The van der Waals surface area contributed by atoms with Gasteiger partial charge >= 0.3 is 6.18 Å². The number of halogens is 3. The van der Waals surface area contributed by atoms with Gasteiger partial charge in [0, 0.05) is 12.0 Å². The summed E-state index contributed by atoms with van der Waals surface area (Å²) in [6.07, 6.45) is -4.47. The van der Waals surface area contributed by atoms with Crippen molar-refractivity contribution in [2.75, 3.05) is 6.54 Å². The molecule has 80 valence electrons. The van der Waals surface area contributed by atoms with E-state index in [4.69, 9.17) is 5.73 Å². The largest absolute Gasteiger partial charge is 0.452 e. The molecular formula is C7H10F3N3S. The monoisotopic (exact) mass is 225 g/mol. The molecule has 0 unspecified atom stereocenters. The van der Waals surface area contributed by atoms with E-state index >= 15 is 0 Å². The van der Waals surface area contributed by atoms with Crippen LogP contribution >= 0.6 is 11.5 Å². The summed E-state index contributed by atoms with van der Waals surface area (Å²) in [5, 5.41) is 0.312. The lowest BCUT2D eigenvalue weighted by molar-refractivity contribution is -0.144. The van der Waals surface area contributed by atoms with Gasteiger partial charge in [0.05, 0.1) is 0 Å². The normalized spacial score (nSPS) is 13.3. The smallest absolute Gasteiger partial charge is 0.330 e. The Kier molecular flexibility index (Phi) is 2.82. The van der Waals surface area contributed by atoms with E-state index in [0.717, 1.165) is 11.5 Å². The van der Waals surface area contributed by atoms with Crippen molar-refractivity contribution in [1.29, 1.82) is 0 Å². The van der Waals surface area contributed by atoms with Crippen LogP contribution in [0.15, 0.2) is 0 Å². The minimum atomic E-state index is -4.47. The third-order valence-electron chi connectivity index (χ3n) is 1.77. The van der Waals surface area contributed by atoms with Crippen molar-refractivity contribution < 1.29 is 13.2 Å². The Bertz CT molecular complexity index is 318. The molecule has 0 fully saturated rings. The molecule has 0 atom stereocenters. The molecule has 7 heteroatoms. The second-order valence-corrected chi connectivity index (χ2v) is 4.26. The fraction of sp³-hybridized carbons (Fsp3) is 0.714. The molecule has 0 saturated heterocycles. The first-order valence-electron chi connectivity index (χ1n) is 3.89. The maximum Gasteiger partial charge on any atom is 0.452 e. The highest BCUT2D eigenvalue weighted by Gasteiger charge is 2.37. The highest BCUT2D eigenvalue weighted by atomic mass is 32.1. The van der Waals surface area contributed by atoms with Crippen LogP contribution in [0.5, 0.6) is 0 Å². The van der Waals surface area contributed by atoms with Crippen LogP contribution < -0.4 is 5.73 Å². The number of hydrogen-bond acceptors (Lipinski definition) is 4. The lowest BCUT2D eigenvalue weighted by Crippen LogP contribution is -2.28. The molecule has 3 nitrogen and oxygen atoms in total. The molecule has 0 bridgehead atoms. The standard InChI is InChI=1S/C7H10F3N3S/c1-6(2,3-11)5-12-4(13-14-5)7(8,9)10/h3,11H2,1-2H3. The molecule has 0 radical (unpaired) electrons. The lowest BCUT2D eigenvalue weighted by Gasteiger charge is -2.17. The quantitative estimate of drug-likeness (QED) is 0.834. The molecule has 14 heavy (non-hydrogen) atoms. The van der Waals surface area contributed by atoms with Crippen molar-refractivity contribution in [3.05, 3.63) is 10.8 Å². The van der Waals surface area contributed by atoms with E-state index < -0.39 is 17.4 Å². The molecule has 1 aromatic rings. The summed E-state index contributed by atoms with van der Waals surface area (Å²) in [7, 11) is 0. The molecule has 1 heterocycles. The topological polar surface area (TPSA) is 51.8 Å². The third kappa shape index (κ3) is 2.21. The molecule has 0 amide bonds. The van der Waals surface area contributed by atoms with Gasteiger partial charge in [0.2, 0.25) is 5.82 Å². The van der Waals surface area contributed by atoms with Gasteiger partial charge in [-0.25, -0.2) is 4.98 Å². The first kappa shape index (κ1) is 11.4. The second-order valence-electron chi connectivity index (χ2n) is 3.51. The van der Waals surface area contributed by atoms with Crippen LogP contribution in [0.25, 0.3) is 0 Å². The van der Waals surface area contributed by atoms with Gasteiger partial charge in [0.25, 0.3) is 0 Å². The van der Waals surface area contributed by atoms with Gasteiger partial charge in [-0.15, -0.1) is 0 Å². The number of aromatic nitrogens is 2. The van der Waals surface area contributed by atoms with Crippen molar-refractivity contribution in [2.24, 2.45) is 5.73 Å². The molecule has 0 spiro atoms. The van der Waals surface area contributed by atoms with Crippen LogP contribution in [-0.2, 0) is 11.6 Å². The van der Waals surface area contributed by atoms with Gasteiger partial charge in [-0.2, -0.15) is 17.5 Å². The highest BCUT2D eigenvalue weighted by Crippen LogP contribution is 2.31. The van der Waals surface area contributed by atoms with Crippen LogP contribution in [0.1, 0.15) is 24.7 Å². The van der Waals surface area contributed by atoms with E-state index in [0.29, 0.717) is 5.01 Å². The first-order valence-corrected chi connectivity index (χ1v) is 4.66. The van der Waals surface area contributed by atoms with Crippen molar-refractivity contribution in [3.8, 4) is 0 Å². The van der Waals surface area contributed by atoms with Gasteiger partial charge in [0.1, 0.15) is 5.01 Å². The lowest BCUT2D eigenvalue weighted by atomic mass is 9.95. The predicted molar refractivity (Wildman–Crippen MR) is 47.0 cm³/mol. The van der Waals surface area contributed by atoms with Crippen molar-refractivity contribution in [1.82, 2.24) is 9.36 Å². The second kappa shape index (κ2) is 3.47. The fourth-order valence-corrected chi connectivity index (χ4v) is 1.48. The molecule has 0 aliphatic rings. The van der Waals surface area contributed by atoms with E-state index in [1.807, 2.05) is 0 Å². The van der Waals surface area contributed by atoms with Crippen LogP contribution in [0, 0.1) is 0 Å². The van der Waals surface area contributed by atoms with Crippen LogP contribution in [-0.4, -0.2) is 15.9 Å². The maximum atomic E-state index is 12.1. The Balaban J connectivity index is 3.00. The Morgan fingerprint density at radius 1 is 1.36 bits per heavy atom. The van der Waals surface area contributed by atoms with E-state index in [1.54, 1.807) is 13.8 Å². The number of alkyl halides is 3. The summed E-state index contributed by atoms with van der Waals surface area (Å²) in [5.74, 6) is -1.08. The first-order chi connectivity index (χ1) is 6.27. The van der Waals surface area contributed by atoms with E-state index in [2.05, 4.69) is 9.36 Å². The van der Waals surface area contributed by atoms with Crippen molar-refractivity contribution in [3.63, 3.8) is 0 Å². The number of hydrogen-bond donors (Lipinski definition) is 1. The fourth-order valence-electron chi connectivity index (χ4n) is 0.701. The third-order valence-corrected chi connectivity index (χ3v) is 2.85. The summed E-state index contributed by atoms with van der Waals surface area (Å²) >= 11 is 0.747. The summed E-state index contributed by atoms with van der Waals surface area (Å²) in [6.45, 7) is 3.70. The van der Waals surface area contributed by atoms with Gasteiger partial charge < -0.3 is 5.73 Å². The predicted octanol–water partition coefficient (Wildman–Crippen LogP) is 1.79. The molecular weight excluding hydrogens is 215 g/mol. The number of rotatable bonds is 2. The van der Waals surface area contributed by atoms with Gasteiger partial charge in [-0.3, -0.25) is 0 Å². The van der Waals surface area contributed by atoms with Crippen molar-refractivity contribution >= 4 is 11.5 Å². The van der Waals surface area contributed by atoms with Crippen LogP contribution in [0.3, 0.4) is 0 Å². The molecule has 0 saturated carbocycles. The van der Waals surface area contributed by atoms with Gasteiger partial charge in [0.15, 0.2) is 0 Å². The van der Waals surface area contributed by atoms with Gasteiger partial charge in [-0.1, -0.05) is 13.8 Å². The molecule has 0 aromatic carbocycles. The molecule has 2 N–H and O–H groups in total. The summed E-state index contributed by atoms with van der Waals surface area (Å²) in [6, 6.07) is 0. The summed E-state index contributed by atoms with van der Waals surface area (Å²) in [5.41, 5.74) is 4.86. The minimum Gasteiger partial charge on any atom is -0.330 e. The Hall–Kier alpha value is -0.690. The maximum absolute atomic E-state index is 12.1. The zero-order chi connectivity index (χ0) is 11.0. The molecule has 0 aliphatic carbocycles. The molecule has 1 rings (SSSR count). The Morgan fingerprint density at radius 3 is 2.29 bits per heavy atom. The van der Waals surface area contributed by atoms with Crippen LogP contribution in [0.2, 0.25) is 0 Å². The Labute approximate surface area is 83.3 Å². The zero-order valence-electron chi connectivity index (χ0n) is 7.72.